The van der Waals surface area contributed by atoms with E-state index in [1.807, 2.05) is 0 Å². The summed E-state index contributed by atoms with van der Waals surface area (Å²) in [5, 5.41) is 4.10. The fraction of sp³-hybridized carbons (Fsp3) is 0.733. The zero-order chi connectivity index (χ0) is 14.6. The van der Waals surface area contributed by atoms with Crippen LogP contribution in [0.1, 0.15) is 44.6 Å². The first-order valence-electron chi connectivity index (χ1n) is 7.50. The highest BCUT2D eigenvalue weighted by Crippen LogP contribution is 2.34. The minimum Gasteiger partial charge on any atom is -0.368 e. The fourth-order valence-electron chi connectivity index (χ4n) is 3.08. The number of hydrogen-bond acceptors (Lipinski definition) is 4. The molecule has 112 valence electrons. The van der Waals surface area contributed by atoms with Crippen LogP contribution in [0.25, 0.3) is 0 Å². The molecular formula is C15H25ClN4. The normalized spacial score (nSPS) is 17.6. The Kier molecular flexibility index (Phi) is 5.22. The van der Waals surface area contributed by atoms with Crippen LogP contribution >= 0.6 is 11.6 Å². The number of hydrogen-bond donors (Lipinski definition) is 1. The van der Waals surface area contributed by atoms with Crippen molar-refractivity contribution in [2.24, 2.45) is 0 Å². The van der Waals surface area contributed by atoms with Crippen LogP contribution < -0.4 is 5.32 Å². The van der Waals surface area contributed by atoms with Gasteiger partial charge in [-0.05, 0) is 33.4 Å². The van der Waals surface area contributed by atoms with Gasteiger partial charge in [-0.1, -0.05) is 37.8 Å². The van der Waals surface area contributed by atoms with Gasteiger partial charge >= 0.3 is 0 Å². The Morgan fingerprint density at radius 3 is 2.60 bits per heavy atom. The van der Waals surface area contributed by atoms with Crippen molar-refractivity contribution in [3.63, 3.8) is 0 Å². The predicted octanol–water partition coefficient (Wildman–Crippen LogP) is 3.37. The van der Waals surface area contributed by atoms with Crippen molar-refractivity contribution in [3.05, 3.63) is 17.0 Å². The summed E-state index contributed by atoms with van der Waals surface area (Å²) in [5.74, 6) is 0.903. The smallest absolute Gasteiger partial charge is 0.137 e. The number of nitrogens with one attached hydrogen (secondary N) is 1. The molecule has 0 atom stereocenters. The first-order chi connectivity index (χ1) is 9.59. The van der Waals surface area contributed by atoms with E-state index in [1.165, 1.54) is 25.7 Å². The molecule has 0 bridgehead atoms. The molecule has 1 aromatic rings. The van der Waals surface area contributed by atoms with E-state index in [0.717, 1.165) is 30.8 Å². The molecule has 1 N–H and O–H groups in total. The average Bonchev–Trinajstić information content (AvgIpc) is 2.90. The van der Waals surface area contributed by atoms with Gasteiger partial charge in [-0.2, -0.15) is 0 Å². The molecule has 1 aliphatic carbocycles. The van der Waals surface area contributed by atoms with Crippen LogP contribution in [0.2, 0.25) is 5.15 Å². The number of aromatic nitrogens is 2. The van der Waals surface area contributed by atoms with Gasteiger partial charge in [0.05, 0.1) is 0 Å². The van der Waals surface area contributed by atoms with Gasteiger partial charge in [0, 0.05) is 17.6 Å². The fourth-order valence-corrected chi connectivity index (χ4v) is 3.31. The third kappa shape index (κ3) is 3.23. The first kappa shape index (κ1) is 15.5. The van der Waals surface area contributed by atoms with E-state index < -0.39 is 0 Å². The van der Waals surface area contributed by atoms with Crippen molar-refractivity contribution in [1.29, 1.82) is 0 Å². The molecule has 1 heterocycles. The third-order valence-corrected chi connectivity index (χ3v) is 4.79. The zero-order valence-corrected chi connectivity index (χ0v) is 13.5. The van der Waals surface area contributed by atoms with Crippen molar-refractivity contribution < 1.29 is 0 Å². The van der Waals surface area contributed by atoms with Gasteiger partial charge in [0.15, 0.2) is 0 Å². The molecule has 1 fully saturated rings. The van der Waals surface area contributed by atoms with E-state index in [2.05, 4.69) is 41.2 Å². The van der Waals surface area contributed by atoms with Gasteiger partial charge in [0.25, 0.3) is 0 Å². The zero-order valence-electron chi connectivity index (χ0n) is 12.7. The maximum Gasteiger partial charge on any atom is 0.137 e. The Morgan fingerprint density at radius 2 is 2.00 bits per heavy atom. The highest BCUT2D eigenvalue weighted by Gasteiger charge is 2.35. The summed E-state index contributed by atoms with van der Waals surface area (Å²) in [7, 11) is 4.35. The van der Waals surface area contributed by atoms with Crippen LogP contribution in [0.4, 0.5) is 5.82 Å². The Bertz CT molecular complexity index is 441. The molecule has 0 amide bonds. The maximum atomic E-state index is 6.20. The molecule has 0 aliphatic heterocycles. The number of halogens is 1. The van der Waals surface area contributed by atoms with Gasteiger partial charge in [-0.25, -0.2) is 9.97 Å². The van der Waals surface area contributed by atoms with Crippen molar-refractivity contribution in [2.45, 2.75) is 51.0 Å². The van der Waals surface area contributed by atoms with E-state index >= 15 is 0 Å². The summed E-state index contributed by atoms with van der Waals surface area (Å²) in [6, 6.07) is 0. The van der Waals surface area contributed by atoms with Gasteiger partial charge < -0.3 is 10.2 Å². The van der Waals surface area contributed by atoms with Crippen LogP contribution in [0, 0.1) is 0 Å². The van der Waals surface area contributed by atoms with E-state index in [1.54, 1.807) is 6.33 Å². The molecule has 0 radical (unpaired) electrons. The van der Waals surface area contributed by atoms with Crippen LogP contribution in [0.15, 0.2) is 6.33 Å². The molecule has 0 unspecified atom stereocenters. The largest absolute Gasteiger partial charge is 0.368 e. The summed E-state index contributed by atoms with van der Waals surface area (Å²) in [6.45, 7) is 3.06. The SMILES string of the molecule is CCCc1c(Cl)ncnc1NCC1(N(C)C)CCCC1. The van der Waals surface area contributed by atoms with Crippen molar-refractivity contribution >= 4 is 17.4 Å². The molecule has 5 heteroatoms. The summed E-state index contributed by atoms with van der Waals surface area (Å²) in [5.41, 5.74) is 1.30. The van der Waals surface area contributed by atoms with Crippen LogP contribution in [0.3, 0.4) is 0 Å². The molecule has 0 spiro atoms. The maximum absolute atomic E-state index is 6.20. The molecule has 1 saturated carbocycles. The molecule has 0 saturated heterocycles. The van der Waals surface area contributed by atoms with Gasteiger partial charge in [-0.3, -0.25) is 0 Å². The Hall–Kier alpha value is -0.870. The lowest BCUT2D eigenvalue weighted by Crippen LogP contribution is -2.47. The highest BCUT2D eigenvalue weighted by molar-refractivity contribution is 6.30. The van der Waals surface area contributed by atoms with Gasteiger partial charge in [0.1, 0.15) is 17.3 Å². The summed E-state index contributed by atoms with van der Waals surface area (Å²) in [6.07, 6.45) is 8.61. The lowest BCUT2D eigenvalue weighted by molar-refractivity contribution is 0.172. The molecule has 20 heavy (non-hydrogen) atoms. The molecule has 1 aliphatic rings. The summed E-state index contributed by atoms with van der Waals surface area (Å²) < 4.78 is 0. The second kappa shape index (κ2) is 6.72. The van der Waals surface area contributed by atoms with E-state index in [9.17, 15) is 0 Å². The van der Waals surface area contributed by atoms with Crippen molar-refractivity contribution in [2.75, 3.05) is 26.0 Å². The summed E-state index contributed by atoms with van der Waals surface area (Å²) in [4.78, 5) is 10.8. The minimum atomic E-state index is 0.251. The molecule has 1 aromatic heterocycles. The Morgan fingerprint density at radius 1 is 1.30 bits per heavy atom. The Balaban J connectivity index is 2.12. The number of likely N-dealkylation sites (N-methyl/N-ethyl adjacent to an activating group) is 1. The lowest BCUT2D eigenvalue weighted by Gasteiger charge is -2.36. The monoisotopic (exact) mass is 296 g/mol. The number of anilines is 1. The number of nitrogens with zero attached hydrogens (tertiary/aromatic N) is 3. The highest BCUT2D eigenvalue weighted by atomic mass is 35.5. The quantitative estimate of drug-likeness (QED) is 0.817. The lowest BCUT2D eigenvalue weighted by atomic mass is 9.96. The second-order valence-electron chi connectivity index (χ2n) is 5.92. The third-order valence-electron chi connectivity index (χ3n) is 4.46. The van der Waals surface area contributed by atoms with E-state index in [-0.39, 0.29) is 5.54 Å². The molecular weight excluding hydrogens is 272 g/mol. The van der Waals surface area contributed by atoms with Crippen molar-refractivity contribution in [3.8, 4) is 0 Å². The van der Waals surface area contributed by atoms with Crippen LogP contribution in [0.5, 0.6) is 0 Å². The van der Waals surface area contributed by atoms with Crippen molar-refractivity contribution in [1.82, 2.24) is 14.9 Å². The van der Waals surface area contributed by atoms with Gasteiger partial charge in [-0.15, -0.1) is 0 Å². The predicted molar refractivity (Wildman–Crippen MR) is 84.4 cm³/mol. The second-order valence-corrected chi connectivity index (χ2v) is 6.28. The first-order valence-corrected chi connectivity index (χ1v) is 7.87. The van der Waals surface area contributed by atoms with Crippen LogP contribution in [-0.4, -0.2) is 41.0 Å². The standard InChI is InChI=1S/C15H25ClN4/c1-4-7-12-13(16)18-11-19-14(12)17-10-15(20(2)3)8-5-6-9-15/h11H,4-10H2,1-3H3,(H,17,18,19). The minimum absolute atomic E-state index is 0.251. The van der Waals surface area contributed by atoms with E-state index in [4.69, 9.17) is 11.6 Å². The molecule has 4 nitrogen and oxygen atoms in total. The topological polar surface area (TPSA) is 41.1 Å². The van der Waals surface area contributed by atoms with Crippen LogP contribution in [-0.2, 0) is 6.42 Å². The van der Waals surface area contributed by atoms with E-state index in [0.29, 0.717) is 5.15 Å². The molecule has 2 rings (SSSR count). The van der Waals surface area contributed by atoms with Gasteiger partial charge in [0.2, 0.25) is 0 Å². The number of rotatable bonds is 6. The Labute approximate surface area is 126 Å². The molecule has 0 aromatic carbocycles. The average molecular weight is 297 g/mol. The summed E-state index contributed by atoms with van der Waals surface area (Å²) >= 11 is 6.20.